The average Bonchev–Trinajstić information content (AvgIpc) is 2.73. The SMILES string of the molecule is OC(c1cccc(OC(F)(F)F)c1)c1cc(Cl)cs1. The lowest BCUT2D eigenvalue weighted by Crippen LogP contribution is -2.17. The van der Waals surface area contributed by atoms with Crippen molar-refractivity contribution in [2.24, 2.45) is 0 Å². The lowest BCUT2D eigenvalue weighted by atomic mass is 10.1. The van der Waals surface area contributed by atoms with Gasteiger partial charge in [0.2, 0.25) is 0 Å². The molecule has 2 aromatic rings. The van der Waals surface area contributed by atoms with Crippen molar-refractivity contribution in [3.05, 3.63) is 51.2 Å². The van der Waals surface area contributed by atoms with E-state index in [9.17, 15) is 18.3 Å². The number of aliphatic hydroxyl groups excluding tert-OH is 1. The van der Waals surface area contributed by atoms with E-state index in [2.05, 4.69) is 4.74 Å². The van der Waals surface area contributed by atoms with Crippen LogP contribution >= 0.6 is 22.9 Å². The Balaban J connectivity index is 2.23. The maximum atomic E-state index is 12.1. The van der Waals surface area contributed by atoms with Crippen molar-refractivity contribution < 1.29 is 23.0 Å². The topological polar surface area (TPSA) is 29.5 Å². The molecule has 2 nitrogen and oxygen atoms in total. The van der Waals surface area contributed by atoms with E-state index in [-0.39, 0.29) is 5.75 Å². The summed E-state index contributed by atoms with van der Waals surface area (Å²) in [4.78, 5) is 0.550. The fourth-order valence-electron chi connectivity index (χ4n) is 1.52. The van der Waals surface area contributed by atoms with Crippen molar-refractivity contribution in [2.45, 2.75) is 12.5 Å². The Hall–Kier alpha value is -1.24. The van der Waals surface area contributed by atoms with Crippen LogP contribution in [0.15, 0.2) is 35.7 Å². The van der Waals surface area contributed by atoms with Gasteiger partial charge in [0.15, 0.2) is 0 Å². The molecule has 0 spiro atoms. The van der Waals surface area contributed by atoms with Gasteiger partial charge in [0.1, 0.15) is 11.9 Å². The van der Waals surface area contributed by atoms with E-state index in [4.69, 9.17) is 11.6 Å². The molecule has 2 rings (SSSR count). The monoisotopic (exact) mass is 308 g/mol. The second-order valence-electron chi connectivity index (χ2n) is 3.69. The molecular weight excluding hydrogens is 301 g/mol. The van der Waals surface area contributed by atoms with Gasteiger partial charge in [0.25, 0.3) is 0 Å². The Morgan fingerprint density at radius 3 is 2.58 bits per heavy atom. The van der Waals surface area contributed by atoms with Crippen LogP contribution in [0.4, 0.5) is 13.2 Å². The number of alkyl halides is 3. The summed E-state index contributed by atoms with van der Waals surface area (Å²) in [5.41, 5.74) is 0.306. The number of hydrogen-bond acceptors (Lipinski definition) is 3. The molecule has 0 aliphatic rings. The second kappa shape index (κ2) is 5.40. The molecule has 0 saturated carbocycles. The van der Waals surface area contributed by atoms with Crippen molar-refractivity contribution in [3.8, 4) is 5.75 Å². The molecule has 102 valence electrons. The molecular formula is C12H8ClF3O2S. The van der Waals surface area contributed by atoms with Crippen LogP contribution in [0.1, 0.15) is 16.5 Å². The van der Waals surface area contributed by atoms with Gasteiger partial charge in [-0.2, -0.15) is 0 Å². The third-order valence-electron chi connectivity index (χ3n) is 2.26. The normalized spacial score (nSPS) is 13.3. The van der Waals surface area contributed by atoms with Gasteiger partial charge >= 0.3 is 6.36 Å². The summed E-state index contributed by atoms with van der Waals surface area (Å²) in [7, 11) is 0. The zero-order chi connectivity index (χ0) is 14.0. The third kappa shape index (κ3) is 3.86. The highest BCUT2D eigenvalue weighted by molar-refractivity contribution is 7.10. The van der Waals surface area contributed by atoms with Crippen molar-refractivity contribution in [3.63, 3.8) is 0 Å². The van der Waals surface area contributed by atoms with E-state index in [1.54, 1.807) is 11.4 Å². The molecule has 19 heavy (non-hydrogen) atoms. The number of halogens is 4. The molecule has 0 radical (unpaired) electrons. The first-order valence-electron chi connectivity index (χ1n) is 5.13. The number of rotatable bonds is 3. The summed E-state index contributed by atoms with van der Waals surface area (Å²) in [6.07, 6.45) is -5.79. The van der Waals surface area contributed by atoms with Crippen LogP contribution in [0.25, 0.3) is 0 Å². The van der Waals surface area contributed by atoms with Gasteiger partial charge < -0.3 is 9.84 Å². The molecule has 1 unspecified atom stereocenters. The highest BCUT2D eigenvalue weighted by Gasteiger charge is 2.31. The summed E-state index contributed by atoms with van der Waals surface area (Å²) in [5.74, 6) is -0.369. The number of benzene rings is 1. The molecule has 1 N–H and O–H groups in total. The molecule has 0 aliphatic carbocycles. The first-order chi connectivity index (χ1) is 8.85. The molecule has 1 heterocycles. The van der Waals surface area contributed by atoms with E-state index < -0.39 is 12.5 Å². The molecule has 0 bridgehead atoms. The Morgan fingerprint density at radius 2 is 2.00 bits per heavy atom. The Labute approximate surface area is 116 Å². The molecule has 0 fully saturated rings. The van der Waals surface area contributed by atoms with Crippen LogP contribution in [-0.2, 0) is 0 Å². The maximum Gasteiger partial charge on any atom is 0.573 e. The molecule has 0 saturated heterocycles. The van der Waals surface area contributed by atoms with Crippen LogP contribution in [-0.4, -0.2) is 11.5 Å². The van der Waals surface area contributed by atoms with E-state index in [0.29, 0.717) is 15.5 Å². The Bertz CT molecular complexity index is 568. The fourth-order valence-corrected chi connectivity index (χ4v) is 2.61. The highest BCUT2D eigenvalue weighted by Crippen LogP contribution is 2.32. The summed E-state index contributed by atoms with van der Waals surface area (Å²) in [6.45, 7) is 0. The molecule has 1 atom stereocenters. The summed E-state index contributed by atoms with van der Waals surface area (Å²) >= 11 is 6.96. The van der Waals surface area contributed by atoms with E-state index in [1.165, 1.54) is 29.5 Å². The van der Waals surface area contributed by atoms with Crippen LogP contribution in [0, 0.1) is 0 Å². The Morgan fingerprint density at radius 1 is 1.26 bits per heavy atom. The summed E-state index contributed by atoms with van der Waals surface area (Å²) in [6, 6.07) is 6.78. The van der Waals surface area contributed by atoms with Gasteiger partial charge in [-0.1, -0.05) is 23.7 Å². The van der Waals surface area contributed by atoms with Crippen molar-refractivity contribution >= 4 is 22.9 Å². The zero-order valence-electron chi connectivity index (χ0n) is 9.32. The number of thiophene rings is 1. The van der Waals surface area contributed by atoms with Crippen molar-refractivity contribution in [1.29, 1.82) is 0 Å². The van der Waals surface area contributed by atoms with Gasteiger partial charge in [0, 0.05) is 10.3 Å². The number of aliphatic hydroxyl groups is 1. The number of ether oxygens (including phenoxy) is 1. The van der Waals surface area contributed by atoms with Crippen molar-refractivity contribution in [2.75, 3.05) is 0 Å². The molecule has 1 aromatic carbocycles. The quantitative estimate of drug-likeness (QED) is 0.911. The molecule has 7 heteroatoms. The predicted molar refractivity (Wildman–Crippen MR) is 66.5 cm³/mol. The largest absolute Gasteiger partial charge is 0.573 e. The fraction of sp³-hybridized carbons (Fsp3) is 0.167. The lowest BCUT2D eigenvalue weighted by molar-refractivity contribution is -0.274. The van der Waals surface area contributed by atoms with Crippen LogP contribution in [0.5, 0.6) is 5.75 Å². The van der Waals surface area contributed by atoms with Crippen LogP contribution in [0.2, 0.25) is 5.02 Å². The van der Waals surface area contributed by atoms with E-state index in [0.717, 1.165) is 6.07 Å². The number of hydrogen-bond donors (Lipinski definition) is 1. The minimum absolute atomic E-state index is 0.306. The van der Waals surface area contributed by atoms with E-state index >= 15 is 0 Å². The van der Waals surface area contributed by atoms with Crippen molar-refractivity contribution in [1.82, 2.24) is 0 Å². The third-order valence-corrected chi connectivity index (χ3v) is 3.60. The first kappa shape index (κ1) is 14.2. The van der Waals surface area contributed by atoms with Crippen LogP contribution < -0.4 is 4.74 Å². The predicted octanol–water partition coefficient (Wildman–Crippen LogP) is 4.38. The summed E-state index contributed by atoms with van der Waals surface area (Å²) in [5, 5.41) is 12.2. The molecule has 0 aliphatic heterocycles. The van der Waals surface area contributed by atoms with E-state index in [1.807, 2.05) is 0 Å². The minimum atomic E-state index is -4.75. The van der Waals surface area contributed by atoms with Gasteiger partial charge in [-0.05, 0) is 23.8 Å². The maximum absolute atomic E-state index is 12.1. The van der Waals surface area contributed by atoms with Crippen LogP contribution in [0.3, 0.4) is 0 Å². The second-order valence-corrected chi connectivity index (χ2v) is 5.07. The standard InChI is InChI=1S/C12H8ClF3O2S/c13-8-5-10(19-6-8)11(17)7-2-1-3-9(4-7)18-12(14,15)16/h1-6,11,17H. The minimum Gasteiger partial charge on any atom is -0.406 e. The summed E-state index contributed by atoms with van der Waals surface area (Å²) < 4.78 is 40.1. The smallest absolute Gasteiger partial charge is 0.406 e. The van der Waals surface area contributed by atoms with Gasteiger partial charge in [-0.25, -0.2) is 0 Å². The molecule has 1 aromatic heterocycles. The molecule has 0 amide bonds. The first-order valence-corrected chi connectivity index (χ1v) is 6.38. The lowest BCUT2D eigenvalue weighted by Gasteiger charge is -2.12. The highest BCUT2D eigenvalue weighted by atomic mass is 35.5. The van der Waals surface area contributed by atoms with Gasteiger partial charge in [0.05, 0.1) is 5.02 Å². The zero-order valence-corrected chi connectivity index (χ0v) is 10.9. The Kier molecular flexibility index (Phi) is 4.03. The average molecular weight is 309 g/mol. The van der Waals surface area contributed by atoms with Gasteiger partial charge in [-0.15, -0.1) is 24.5 Å². The van der Waals surface area contributed by atoms with Gasteiger partial charge in [-0.3, -0.25) is 0 Å².